The number of hydrogen-bond donors (Lipinski definition) is 1. The molecule has 0 radical (unpaired) electrons. The van der Waals surface area contributed by atoms with E-state index in [0.29, 0.717) is 24.2 Å². The van der Waals surface area contributed by atoms with Crippen molar-refractivity contribution in [3.05, 3.63) is 59.7 Å². The Hall–Kier alpha value is -2.27. The van der Waals surface area contributed by atoms with Crippen molar-refractivity contribution in [2.24, 2.45) is 5.92 Å². The molecule has 0 saturated carbocycles. The zero-order valence-corrected chi connectivity index (χ0v) is 12.5. The number of carbonyl (C=O) groups is 1. The zero-order valence-electron chi connectivity index (χ0n) is 12.5. The van der Waals surface area contributed by atoms with Crippen molar-refractivity contribution in [3.63, 3.8) is 0 Å². The van der Waals surface area contributed by atoms with Crippen molar-refractivity contribution in [1.29, 1.82) is 0 Å². The molecule has 0 bridgehead atoms. The van der Waals surface area contributed by atoms with Crippen LogP contribution in [0.2, 0.25) is 0 Å². The van der Waals surface area contributed by atoms with Crippen molar-refractivity contribution >= 4 is 5.91 Å². The highest BCUT2D eigenvalue weighted by molar-refractivity contribution is 5.95. The third kappa shape index (κ3) is 3.24. The van der Waals surface area contributed by atoms with Gasteiger partial charge < -0.3 is 10.0 Å². The van der Waals surface area contributed by atoms with Gasteiger partial charge in [0.1, 0.15) is 11.6 Å². The summed E-state index contributed by atoms with van der Waals surface area (Å²) in [7, 11) is 0. The minimum absolute atomic E-state index is 0.0226. The molecule has 1 aliphatic heterocycles. The number of aliphatic hydroxyl groups is 1. The van der Waals surface area contributed by atoms with Crippen LogP contribution in [0.3, 0.4) is 0 Å². The van der Waals surface area contributed by atoms with Gasteiger partial charge in [-0.25, -0.2) is 8.78 Å². The minimum atomic E-state index is -0.593. The van der Waals surface area contributed by atoms with Crippen molar-refractivity contribution < 1.29 is 18.7 Å². The number of benzene rings is 2. The lowest BCUT2D eigenvalue weighted by molar-refractivity contribution is 0.0777. The monoisotopic (exact) mass is 317 g/mol. The third-order valence-corrected chi connectivity index (χ3v) is 4.21. The Bertz CT molecular complexity index is 715. The molecule has 3 rings (SSSR count). The average Bonchev–Trinajstić information content (AvgIpc) is 3.04. The number of hydrogen-bond acceptors (Lipinski definition) is 2. The number of rotatable bonds is 3. The van der Waals surface area contributed by atoms with Crippen LogP contribution in [0.4, 0.5) is 8.78 Å². The molecule has 23 heavy (non-hydrogen) atoms. The van der Waals surface area contributed by atoms with E-state index in [1.165, 1.54) is 24.3 Å². The predicted octanol–water partition coefficient (Wildman–Crippen LogP) is 3.09. The van der Waals surface area contributed by atoms with Crippen LogP contribution in [-0.4, -0.2) is 35.6 Å². The molecule has 120 valence electrons. The molecule has 1 aliphatic rings. The van der Waals surface area contributed by atoms with Gasteiger partial charge in [0.2, 0.25) is 0 Å². The van der Waals surface area contributed by atoms with E-state index >= 15 is 0 Å². The molecule has 0 spiro atoms. The highest BCUT2D eigenvalue weighted by Crippen LogP contribution is 2.24. The third-order valence-electron chi connectivity index (χ3n) is 4.21. The Morgan fingerprint density at radius 3 is 2.43 bits per heavy atom. The van der Waals surface area contributed by atoms with Gasteiger partial charge in [0.05, 0.1) is 5.56 Å². The Kier molecular flexibility index (Phi) is 4.39. The summed E-state index contributed by atoms with van der Waals surface area (Å²) < 4.78 is 27.3. The van der Waals surface area contributed by atoms with Crippen LogP contribution >= 0.6 is 0 Å². The molecule has 0 aliphatic carbocycles. The number of amides is 1. The molecule has 2 aromatic carbocycles. The second kappa shape index (κ2) is 6.46. The molecule has 1 unspecified atom stereocenters. The van der Waals surface area contributed by atoms with Crippen molar-refractivity contribution in [1.82, 2.24) is 4.90 Å². The van der Waals surface area contributed by atoms with Gasteiger partial charge in [0.15, 0.2) is 0 Å². The van der Waals surface area contributed by atoms with Crippen LogP contribution in [0.15, 0.2) is 42.5 Å². The smallest absolute Gasteiger partial charge is 0.256 e. The predicted molar refractivity (Wildman–Crippen MR) is 82.9 cm³/mol. The molecule has 5 heteroatoms. The zero-order chi connectivity index (χ0) is 16.4. The maximum absolute atomic E-state index is 14.3. The molecular formula is C18H17F2NO2. The lowest BCUT2D eigenvalue weighted by atomic mass is 10.0. The fraction of sp³-hybridized carbons (Fsp3) is 0.278. The van der Waals surface area contributed by atoms with Gasteiger partial charge in [-0.1, -0.05) is 18.2 Å². The topological polar surface area (TPSA) is 40.5 Å². The second-order valence-corrected chi connectivity index (χ2v) is 5.79. The van der Waals surface area contributed by atoms with Crippen LogP contribution in [-0.2, 0) is 0 Å². The van der Waals surface area contributed by atoms with E-state index < -0.39 is 5.82 Å². The standard InChI is InChI=1S/C18H17F2NO2/c19-15-4-1-13(2-5-15)14-3-6-16(17(20)9-14)18(23)21-8-7-12(10-21)11-22/h1-6,9,12,22H,7-8,10-11H2. The summed E-state index contributed by atoms with van der Waals surface area (Å²) >= 11 is 0. The average molecular weight is 317 g/mol. The summed E-state index contributed by atoms with van der Waals surface area (Å²) in [6, 6.07) is 10.2. The molecule has 1 heterocycles. The molecule has 1 N–H and O–H groups in total. The van der Waals surface area contributed by atoms with E-state index in [1.807, 2.05) is 0 Å². The normalized spacial score (nSPS) is 17.5. The lowest BCUT2D eigenvalue weighted by Crippen LogP contribution is -2.29. The SMILES string of the molecule is O=C(c1ccc(-c2ccc(F)cc2)cc1F)N1CCC(CO)C1. The summed E-state index contributed by atoms with van der Waals surface area (Å²) in [6.45, 7) is 1.02. The van der Waals surface area contributed by atoms with Crippen LogP contribution < -0.4 is 0 Å². The first-order valence-corrected chi connectivity index (χ1v) is 7.54. The fourth-order valence-electron chi connectivity index (χ4n) is 2.85. The maximum Gasteiger partial charge on any atom is 0.256 e. The first kappa shape index (κ1) is 15.6. The fourth-order valence-corrected chi connectivity index (χ4v) is 2.85. The van der Waals surface area contributed by atoms with E-state index in [1.54, 1.807) is 23.1 Å². The lowest BCUT2D eigenvalue weighted by Gasteiger charge is -2.17. The Morgan fingerprint density at radius 1 is 1.13 bits per heavy atom. The van der Waals surface area contributed by atoms with Crippen molar-refractivity contribution in [2.45, 2.75) is 6.42 Å². The molecule has 3 nitrogen and oxygen atoms in total. The first-order valence-electron chi connectivity index (χ1n) is 7.54. The molecule has 1 atom stereocenters. The highest BCUT2D eigenvalue weighted by atomic mass is 19.1. The number of carbonyl (C=O) groups excluding carboxylic acids is 1. The molecule has 1 fully saturated rings. The van der Waals surface area contributed by atoms with E-state index in [4.69, 9.17) is 5.11 Å². The quantitative estimate of drug-likeness (QED) is 0.945. The van der Waals surface area contributed by atoms with Gasteiger partial charge in [0.25, 0.3) is 5.91 Å². The molecule has 1 amide bonds. The number of halogens is 2. The number of likely N-dealkylation sites (tertiary alicyclic amines) is 1. The van der Waals surface area contributed by atoms with Gasteiger partial charge in [-0.15, -0.1) is 0 Å². The number of aliphatic hydroxyl groups excluding tert-OH is 1. The molecule has 2 aromatic rings. The van der Waals surface area contributed by atoms with Crippen LogP contribution in [0.5, 0.6) is 0 Å². The highest BCUT2D eigenvalue weighted by Gasteiger charge is 2.27. The summed E-state index contributed by atoms with van der Waals surface area (Å²) in [4.78, 5) is 13.9. The largest absolute Gasteiger partial charge is 0.396 e. The summed E-state index contributed by atoms with van der Waals surface area (Å²) in [5.41, 5.74) is 1.30. The summed E-state index contributed by atoms with van der Waals surface area (Å²) in [6.07, 6.45) is 0.734. The van der Waals surface area contributed by atoms with Crippen molar-refractivity contribution in [3.8, 4) is 11.1 Å². The Balaban J connectivity index is 1.82. The van der Waals surface area contributed by atoms with E-state index in [-0.39, 0.29) is 29.8 Å². The Morgan fingerprint density at radius 2 is 1.83 bits per heavy atom. The molecule has 1 saturated heterocycles. The van der Waals surface area contributed by atoms with Crippen LogP contribution in [0.1, 0.15) is 16.8 Å². The maximum atomic E-state index is 14.3. The van der Waals surface area contributed by atoms with Gasteiger partial charge in [-0.3, -0.25) is 4.79 Å². The first-order chi connectivity index (χ1) is 11.1. The molecule has 0 aromatic heterocycles. The van der Waals surface area contributed by atoms with E-state index in [9.17, 15) is 13.6 Å². The summed E-state index contributed by atoms with van der Waals surface area (Å²) in [5, 5.41) is 9.13. The van der Waals surface area contributed by atoms with E-state index in [2.05, 4.69) is 0 Å². The summed E-state index contributed by atoms with van der Waals surface area (Å²) in [5.74, 6) is -1.23. The van der Waals surface area contributed by atoms with Gasteiger partial charge in [0, 0.05) is 25.6 Å². The number of nitrogens with zero attached hydrogens (tertiary/aromatic N) is 1. The molecular weight excluding hydrogens is 300 g/mol. The van der Waals surface area contributed by atoms with Gasteiger partial charge in [-0.2, -0.15) is 0 Å². The Labute approximate surface area is 133 Å². The van der Waals surface area contributed by atoms with Crippen LogP contribution in [0, 0.1) is 17.6 Å². The van der Waals surface area contributed by atoms with Crippen molar-refractivity contribution in [2.75, 3.05) is 19.7 Å². The van der Waals surface area contributed by atoms with Gasteiger partial charge >= 0.3 is 0 Å². The van der Waals surface area contributed by atoms with Gasteiger partial charge in [-0.05, 0) is 41.8 Å². The second-order valence-electron chi connectivity index (χ2n) is 5.79. The minimum Gasteiger partial charge on any atom is -0.396 e. The van der Waals surface area contributed by atoms with Crippen LogP contribution in [0.25, 0.3) is 11.1 Å². The van der Waals surface area contributed by atoms with E-state index in [0.717, 1.165) is 6.42 Å².